The van der Waals surface area contributed by atoms with E-state index in [9.17, 15) is 13.2 Å². The van der Waals surface area contributed by atoms with Gasteiger partial charge < -0.3 is 19.5 Å². The molecule has 8 heteroatoms. The van der Waals surface area contributed by atoms with Gasteiger partial charge in [-0.1, -0.05) is 0 Å². The van der Waals surface area contributed by atoms with E-state index >= 15 is 0 Å². The molecule has 0 saturated carbocycles. The van der Waals surface area contributed by atoms with E-state index in [1.165, 1.54) is 7.11 Å². The zero-order valence-electron chi connectivity index (χ0n) is 8.86. The van der Waals surface area contributed by atoms with Gasteiger partial charge in [-0.3, -0.25) is 0 Å². The molecular weight excluding hydrogens is 240 g/mol. The van der Waals surface area contributed by atoms with Crippen LogP contribution in [0.4, 0.5) is 13.2 Å². The van der Waals surface area contributed by atoms with E-state index in [1.807, 2.05) is 0 Å². The first-order chi connectivity index (χ1) is 7.86. The van der Waals surface area contributed by atoms with Crippen LogP contribution in [0.25, 0.3) is 0 Å². The molecule has 0 aliphatic rings. The molecule has 0 unspecified atom stereocenters. The van der Waals surface area contributed by atoms with Gasteiger partial charge in [0.2, 0.25) is 0 Å². The molecule has 0 amide bonds. The van der Waals surface area contributed by atoms with Crippen molar-refractivity contribution in [3.8, 4) is 5.75 Å². The van der Waals surface area contributed by atoms with Gasteiger partial charge in [0.1, 0.15) is 5.75 Å². The highest BCUT2D eigenvalue weighted by Gasteiger charge is 2.32. The second kappa shape index (κ2) is 5.39. The Morgan fingerprint density at radius 1 is 1.29 bits per heavy atom. The molecule has 0 atom stereocenters. The average molecular weight is 250 g/mol. The topological polar surface area (TPSA) is 58.9 Å². The van der Waals surface area contributed by atoms with Crippen molar-refractivity contribution in [3.63, 3.8) is 0 Å². The zero-order valence-corrected chi connectivity index (χ0v) is 8.86. The molecule has 4 nitrogen and oxygen atoms in total. The Labute approximate surface area is 95.7 Å². The van der Waals surface area contributed by atoms with Crippen LogP contribution in [0.3, 0.4) is 0 Å². The third-order valence-electron chi connectivity index (χ3n) is 1.95. The molecule has 0 saturated heterocycles. The fourth-order valence-corrected chi connectivity index (χ4v) is 1.18. The number of hydrogen-bond donors (Lipinski definition) is 2. The third kappa shape index (κ3) is 3.62. The summed E-state index contributed by atoms with van der Waals surface area (Å²) >= 11 is 0. The van der Waals surface area contributed by atoms with E-state index < -0.39 is 18.9 Å². The van der Waals surface area contributed by atoms with Gasteiger partial charge in [-0.05, 0) is 18.2 Å². The number of ether oxygens (including phenoxy) is 2. The van der Waals surface area contributed by atoms with Gasteiger partial charge in [-0.15, -0.1) is 0 Å². The Kier molecular flexibility index (Phi) is 4.38. The summed E-state index contributed by atoms with van der Waals surface area (Å²) in [6, 6.07) is 2.42. The second-order valence-electron chi connectivity index (χ2n) is 3.17. The summed E-state index contributed by atoms with van der Waals surface area (Å²) in [7, 11) is -0.719. The molecule has 2 N–H and O–H groups in total. The molecule has 94 valence electrons. The summed E-state index contributed by atoms with van der Waals surface area (Å²) < 4.78 is 46.6. The van der Waals surface area contributed by atoms with Crippen molar-refractivity contribution in [2.75, 3.05) is 13.9 Å². The van der Waals surface area contributed by atoms with E-state index in [2.05, 4.69) is 4.74 Å². The number of hydrogen-bond acceptors (Lipinski definition) is 4. The highest BCUT2D eigenvalue weighted by atomic mass is 19.4. The van der Waals surface area contributed by atoms with Crippen LogP contribution in [0, 0.1) is 0 Å². The minimum absolute atomic E-state index is 0.0742. The number of benzene rings is 1. The number of alkyl halides is 3. The minimum atomic E-state index is -4.55. The fraction of sp³-hybridized carbons (Fsp3) is 0.333. The summed E-state index contributed by atoms with van der Waals surface area (Å²) in [5.74, 6) is -0.0742. The molecule has 1 aromatic rings. The van der Waals surface area contributed by atoms with Crippen LogP contribution in [0.5, 0.6) is 5.75 Å². The van der Waals surface area contributed by atoms with Crippen LogP contribution < -0.4 is 10.2 Å². The molecule has 0 aromatic heterocycles. The fourth-order valence-electron chi connectivity index (χ4n) is 1.18. The normalized spacial score (nSPS) is 11.4. The maximum Gasteiger partial charge on any atom is 0.492 e. The first-order valence-corrected chi connectivity index (χ1v) is 4.55. The number of rotatable bonds is 4. The molecule has 1 aromatic carbocycles. The van der Waals surface area contributed by atoms with E-state index in [0.717, 1.165) is 12.1 Å². The summed E-state index contributed by atoms with van der Waals surface area (Å²) in [6.45, 7) is -0.203. The Bertz CT molecular complexity index is 381. The molecule has 1 rings (SSSR count). The van der Waals surface area contributed by atoms with E-state index in [1.54, 1.807) is 0 Å². The SMILES string of the molecule is COCOc1ccc(C(F)(F)F)cc1B(O)O. The molecular formula is C9H10BF3O4. The molecule has 0 radical (unpaired) electrons. The first-order valence-electron chi connectivity index (χ1n) is 4.55. The van der Waals surface area contributed by atoms with Crippen molar-refractivity contribution in [2.45, 2.75) is 6.18 Å². The van der Waals surface area contributed by atoms with E-state index in [-0.39, 0.29) is 18.0 Å². The van der Waals surface area contributed by atoms with Crippen LogP contribution in [0.1, 0.15) is 5.56 Å². The monoisotopic (exact) mass is 250 g/mol. The molecule has 0 bridgehead atoms. The average Bonchev–Trinajstić information content (AvgIpc) is 2.24. The predicted molar refractivity (Wildman–Crippen MR) is 53.8 cm³/mol. The van der Waals surface area contributed by atoms with Gasteiger partial charge >= 0.3 is 13.3 Å². The molecule has 0 aliphatic heterocycles. The van der Waals surface area contributed by atoms with Crippen molar-refractivity contribution in [2.24, 2.45) is 0 Å². The van der Waals surface area contributed by atoms with Gasteiger partial charge in [-0.25, -0.2) is 0 Å². The Balaban J connectivity index is 3.08. The maximum absolute atomic E-state index is 12.4. The predicted octanol–water partition coefficient (Wildman–Crippen LogP) is 0.368. The highest BCUT2D eigenvalue weighted by Crippen LogP contribution is 2.29. The molecule has 0 heterocycles. The highest BCUT2D eigenvalue weighted by molar-refractivity contribution is 6.59. The molecule has 17 heavy (non-hydrogen) atoms. The smallest absolute Gasteiger partial charge is 0.468 e. The molecule has 0 spiro atoms. The third-order valence-corrected chi connectivity index (χ3v) is 1.95. The van der Waals surface area contributed by atoms with Crippen molar-refractivity contribution in [1.82, 2.24) is 0 Å². The summed E-state index contributed by atoms with van der Waals surface area (Å²) in [5, 5.41) is 17.9. The van der Waals surface area contributed by atoms with Gasteiger partial charge in [0, 0.05) is 12.6 Å². The summed E-state index contributed by atoms with van der Waals surface area (Å²) in [5.41, 5.74) is -1.35. The van der Waals surface area contributed by atoms with Gasteiger partial charge in [0.05, 0.1) is 5.56 Å². The van der Waals surface area contributed by atoms with E-state index in [4.69, 9.17) is 14.8 Å². The van der Waals surface area contributed by atoms with Crippen LogP contribution in [-0.4, -0.2) is 31.1 Å². The van der Waals surface area contributed by atoms with Crippen LogP contribution in [0.2, 0.25) is 0 Å². The van der Waals surface area contributed by atoms with E-state index in [0.29, 0.717) is 6.07 Å². The lowest BCUT2D eigenvalue weighted by atomic mass is 9.78. The quantitative estimate of drug-likeness (QED) is 0.598. The Morgan fingerprint density at radius 2 is 1.94 bits per heavy atom. The number of halogens is 3. The van der Waals surface area contributed by atoms with Gasteiger partial charge in [-0.2, -0.15) is 13.2 Å². The van der Waals surface area contributed by atoms with Crippen molar-refractivity contribution >= 4 is 12.6 Å². The van der Waals surface area contributed by atoms with Gasteiger partial charge in [0.15, 0.2) is 6.79 Å². The first kappa shape index (κ1) is 13.8. The lowest BCUT2D eigenvalue weighted by Gasteiger charge is -2.13. The number of methoxy groups -OCH3 is 1. The lowest BCUT2D eigenvalue weighted by Crippen LogP contribution is -2.32. The van der Waals surface area contributed by atoms with Gasteiger partial charge in [0.25, 0.3) is 0 Å². The summed E-state index contributed by atoms with van der Waals surface area (Å²) in [4.78, 5) is 0. The van der Waals surface area contributed by atoms with Crippen molar-refractivity contribution < 1.29 is 32.7 Å². The van der Waals surface area contributed by atoms with Crippen LogP contribution in [0.15, 0.2) is 18.2 Å². The lowest BCUT2D eigenvalue weighted by molar-refractivity contribution is -0.137. The molecule has 0 aliphatic carbocycles. The maximum atomic E-state index is 12.4. The standard InChI is InChI=1S/C9H10BF3O4/c1-16-5-17-8-3-2-6(9(11,12)13)4-7(8)10(14)15/h2-4,14-15H,5H2,1H3. The molecule has 0 fully saturated rings. The Morgan fingerprint density at radius 3 is 2.41 bits per heavy atom. The van der Waals surface area contributed by atoms with Crippen molar-refractivity contribution in [1.29, 1.82) is 0 Å². The zero-order chi connectivity index (χ0) is 13.1. The van der Waals surface area contributed by atoms with Crippen molar-refractivity contribution in [3.05, 3.63) is 23.8 Å². The van der Waals surface area contributed by atoms with Crippen LogP contribution >= 0.6 is 0 Å². The van der Waals surface area contributed by atoms with Crippen LogP contribution in [-0.2, 0) is 10.9 Å². The summed E-state index contributed by atoms with van der Waals surface area (Å²) in [6.07, 6.45) is -4.55. The largest absolute Gasteiger partial charge is 0.492 e. The minimum Gasteiger partial charge on any atom is -0.468 e. The Hall–Kier alpha value is -1.25. The second-order valence-corrected chi connectivity index (χ2v) is 3.17.